The molecule has 2 aromatic carbocycles. The van der Waals surface area contributed by atoms with Crippen LogP contribution in [0.4, 0.5) is 21.8 Å². The highest BCUT2D eigenvalue weighted by Gasteiger charge is 2.14. The molecule has 1 aromatic heterocycles. The number of methoxy groups -OCH3 is 3. The standard InChI is InChI=1S/C20H22FN5O3/c1-27-16-10-15(11-17(28-2)19(16)29-3)24-20-25-18(12-23-26-20)22-9-8-13-4-6-14(21)7-5-13/h4-7,10-12H,8-9H2,1-3H3,(H2,22,24,25,26). The molecule has 0 bridgehead atoms. The molecule has 0 saturated heterocycles. The van der Waals surface area contributed by atoms with Crippen LogP contribution in [0.15, 0.2) is 42.6 Å². The van der Waals surface area contributed by atoms with Crippen LogP contribution in [0.5, 0.6) is 17.2 Å². The molecule has 152 valence electrons. The number of nitrogens with one attached hydrogen (secondary N) is 2. The van der Waals surface area contributed by atoms with Gasteiger partial charge in [-0.25, -0.2) is 4.39 Å². The highest BCUT2D eigenvalue weighted by Crippen LogP contribution is 2.40. The minimum absolute atomic E-state index is 0.246. The van der Waals surface area contributed by atoms with E-state index in [1.807, 2.05) is 0 Å². The Morgan fingerprint density at radius 2 is 1.66 bits per heavy atom. The quantitative estimate of drug-likeness (QED) is 0.566. The number of halogens is 1. The smallest absolute Gasteiger partial charge is 0.249 e. The number of anilines is 3. The minimum Gasteiger partial charge on any atom is -0.493 e. The number of hydrogen-bond donors (Lipinski definition) is 2. The summed E-state index contributed by atoms with van der Waals surface area (Å²) in [4.78, 5) is 4.40. The highest BCUT2D eigenvalue weighted by molar-refractivity contribution is 5.65. The first-order valence-corrected chi connectivity index (χ1v) is 8.88. The number of rotatable bonds is 9. The second-order valence-corrected chi connectivity index (χ2v) is 6.01. The first-order chi connectivity index (χ1) is 14.1. The lowest BCUT2D eigenvalue weighted by atomic mass is 10.1. The Labute approximate surface area is 168 Å². The Balaban J connectivity index is 1.67. The summed E-state index contributed by atoms with van der Waals surface area (Å²) in [5, 5.41) is 14.2. The van der Waals surface area contributed by atoms with E-state index in [2.05, 4.69) is 25.8 Å². The predicted octanol–water partition coefficient (Wildman–Crippen LogP) is 3.43. The van der Waals surface area contributed by atoms with Crippen LogP contribution in [-0.4, -0.2) is 43.1 Å². The molecule has 8 nitrogen and oxygen atoms in total. The second kappa shape index (κ2) is 9.54. The third kappa shape index (κ3) is 5.22. The van der Waals surface area contributed by atoms with Crippen molar-refractivity contribution in [3.63, 3.8) is 0 Å². The third-order valence-corrected chi connectivity index (χ3v) is 4.11. The molecular formula is C20H22FN5O3. The number of hydrogen-bond acceptors (Lipinski definition) is 8. The highest BCUT2D eigenvalue weighted by atomic mass is 19.1. The maximum atomic E-state index is 13.0. The number of benzene rings is 2. The lowest BCUT2D eigenvalue weighted by molar-refractivity contribution is 0.324. The Kier molecular flexibility index (Phi) is 6.62. The SMILES string of the molecule is COc1cc(Nc2nncc(NCCc3ccc(F)cc3)n2)cc(OC)c1OC. The summed E-state index contributed by atoms with van der Waals surface area (Å²) in [6.45, 7) is 0.619. The van der Waals surface area contributed by atoms with Gasteiger partial charge in [0.25, 0.3) is 0 Å². The molecule has 2 N–H and O–H groups in total. The fourth-order valence-corrected chi connectivity index (χ4v) is 2.71. The molecule has 0 spiro atoms. The molecule has 0 aliphatic carbocycles. The summed E-state index contributed by atoms with van der Waals surface area (Å²) in [6, 6.07) is 9.90. The normalized spacial score (nSPS) is 10.3. The average molecular weight is 399 g/mol. The Morgan fingerprint density at radius 3 is 2.28 bits per heavy atom. The van der Waals surface area contributed by atoms with Gasteiger partial charge in [0.05, 0.1) is 27.5 Å². The maximum Gasteiger partial charge on any atom is 0.249 e. The van der Waals surface area contributed by atoms with E-state index in [-0.39, 0.29) is 5.82 Å². The molecule has 9 heteroatoms. The molecule has 1 heterocycles. The molecule has 29 heavy (non-hydrogen) atoms. The van der Waals surface area contributed by atoms with E-state index in [9.17, 15) is 4.39 Å². The Bertz CT molecular complexity index is 928. The topological polar surface area (TPSA) is 90.4 Å². The van der Waals surface area contributed by atoms with Crippen molar-refractivity contribution in [3.05, 3.63) is 54.0 Å². The first kappa shape index (κ1) is 20.1. The van der Waals surface area contributed by atoms with Crippen molar-refractivity contribution in [2.75, 3.05) is 38.5 Å². The molecule has 3 aromatic rings. The van der Waals surface area contributed by atoms with Gasteiger partial charge in [-0.05, 0) is 24.1 Å². The zero-order valence-corrected chi connectivity index (χ0v) is 16.4. The molecule has 0 saturated carbocycles. The monoisotopic (exact) mass is 399 g/mol. The van der Waals surface area contributed by atoms with Crippen molar-refractivity contribution in [1.82, 2.24) is 15.2 Å². The summed E-state index contributed by atoms with van der Waals surface area (Å²) in [6.07, 6.45) is 2.25. The minimum atomic E-state index is -0.246. The van der Waals surface area contributed by atoms with Crippen molar-refractivity contribution >= 4 is 17.5 Å². The molecule has 0 aliphatic rings. The van der Waals surface area contributed by atoms with Crippen LogP contribution >= 0.6 is 0 Å². The maximum absolute atomic E-state index is 13.0. The van der Waals surface area contributed by atoms with Gasteiger partial charge in [-0.2, -0.15) is 10.1 Å². The lowest BCUT2D eigenvalue weighted by Gasteiger charge is -2.14. The molecule has 0 fully saturated rings. The summed E-state index contributed by atoms with van der Waals surface area (Å²) in [5.41, 5.74) is 1.68. The van der Waals surface area contributed by atoms with Gasteiger partial charge in [-0.1, -0.05) is 12.1 Å². The van der Waals surface area contributed by atoms with Gasteiger partial charge in [0.1, 0.15) is 5.82 Å². The summed E-state index contributed by atoms with van der Waals surface area (Å²) in [7, 11) is 4.64. The largest absolute Gasteiger partial charge is 0.493 e. The van der Waals surface area contributed by atoms with Gasteiger partial charge in [-0.15, -0.1) is 5.10 Å². The zero-order chi connectivity index (χ0) is 20.6. The van der Waals surface area contributed by atoms with Gasteiger partial charge in [0.2, 0.25) is 11.7 Å². The van der Waals surface area contributed by atoms with E-state index in [1.54, 1.807) is 45.6 Å². The van der Waals surface area contributed by atoms with Crippen LogP contribution < -0.4 is 24.8 Å². The zero-order valence-electron chi connectivity index (χ0n) is 16.4. The molecule has 0 radical (unpaired) electrons. The number of aromatic nitrogens is 3. The third-order valence-electron chi connectivity index (χ3n) is 4.11. The van der Waals surface area contributed by atoms with E-state index >= 15 is 0 Å². The summed E-state index contributed by atoms with van der Waals surface area (Å²) in [5.74, 6) is 2.15. The lowest BCUT2D eigenvalue weighted by Crippen LogP contribution is -2.09. The van der Waals surface area contributed by atoms with Gasteiger partial charge >= 0.3 is 0 Å². The first-order valence-electron chi connectivity index (χ1n) is 8.88. The van der Waals surface area contributed by atoms with Crippen molar-refractivity contribution in [3.8, 4) is 17.2 Å². The Hall–Kier alpha value is -3.62. The predicted molar refractivity (Wildman–Crippen MR) is 108 cm³/mol. The van der Waals surface area contributed by atoms with E-state index in [0.29, 0.717) is 41.2 Å². The van der Waals surface area contributed by atoms with Crippen LogP contribution in [0, 0.1) is 5.82 Å². The fourth-order valence-electron chi connectivity index (χ4n) is 2.71. The molecule has 0 atom stereocenters. The van der Waals surface area contributed by atoms with E-state index in [1.165, 1.54) is 18.3 Å². The van der Waals surface area contributed by atoms with Crippen molar-refractivity contribution in [1.29, 1.82) is 0 Å². The van der Waals surface area contributed by atoms with Gasteiger partial charge < -0.3 is 24.8 Å². The van der Waals surface area contributed by atoms with Gasteiger partial charge in [0, 0.05) is 24.4 Å². The van der Waals surface area contributed by atoms with Crippen LogP contribution in [0.3, 0.4) is 0 Å². The van der Waals surface area contributed by atoms with Gasteiger partial charge in [-0.3, -0.25) is 0 Å². The average Bonchev–Trinajstić information content (AvgIpc) is 2.74. The van der Waals surface area contributed by atoms with Crippen molar-refractivity contribution in [2.45, 2.75) is 6.42 Å². The summed E-state index contributed by atoms with van der Waals surface area (Å²) < 4.78 is 29.0. The van der Waals surface area contributed by atoms with Crippen molar-refractivity contribution in [2.24, 2.45) is 0 Å². The second-order valence-electron chi connectivity index (χ2n) is 6.01. The van der Waals surface area contributed by atoms with Crippen LogP contribution in [0.2, 0.25) is 0 Å². The fraction of sp³-hybridized carbons (Fsp3) is 0.250. The van der Waals surface area contributed by atoms with Crippen LogP contribution in [-0.2, 0) is 6.42 Å². The van der Waals surface area contributed by atoms with E-state index in [0.717, 1.165) is 12.0 Å². The van der Waals surface area contributed by atoms with Crippen LogP contribution in [0.25, 0.3) is 0 Å². The van der Waals surface area contributed by atoms with E-state index in [4.69, 9.17) is 14.2 Å². The molecular weight excluding hydrogens is 377 g/mol. The number of nitrogens with zero attached hydrogens (tertiary/aromatic N) is 3. The molecule has 0 aliphatic heterocycles. The molecule has 0 amide bonds. The Morgan fingerprint density at radius 1 is 0.966 bits per heavy atom. The van der Waals surface area contributed by atoms with Crippen molar-refractivity contribution < 1.29 is 18.6 Å². The number of ether oxygens (including phenoxy) is 3. The molecule has 3 rings (SSSR count). The molecule has 0 unspecified atom stereocenters. The van der Waals surface area contributed by atoms with E-state index < -0.39 is 0 Å². The summed E-state index contributed by atoms with van der Waals surface area (Å²) >= 11 is 0. The van der Waals surface area contributed by atoms with Crippen LogP contribution in [0.1, 0.15) is 5.56 Å². The van der Waals surface area contributed by atoms with Gasteiger partial charge in [0.15, 0.2) is 17.3 Å².